The van der Waals surface area contributed by atoms with Crippen molar-refractivity contribution in [2.45, 2.75) is 13.8 Å². The lowest BCUT2D eigenvalue weighted by Crippen LogP contribution is -2.15. The summed E-state index contributed by atoms with van der Waals surface area (Å²) in [6, 6.07) is 4.67. The Balaban J connectivity index is 2.27. The maximum atomic E-state index is 11.9. The number of carbonyl (C=O) groups is 2. The van der Waals surface area contributed by atoms with Gasteiger partial charge in [0.25, 0.3) is 5.91 Å². The lowest BCUT2D eigenvalue weighted by molar-refractivity contribution is 0.0695. The van der Waals surface area contributed by atoms with Gasteiger partial charge in [0.15, 0.2) is 0 Å². The maximum absolute atomic E-state index is 11.9. The summed E-state index contributed by atoms with van der Waals surface area (Å²) >= 11 is 0. The van der Waals surface area contributed by atoms with Crippen molar-refractivity contribution >= 4 is 17.6 Å². The van der Waals surface area contributed by atoms with E-state index in [1.165, 1.54) is 6.07 Å². The second-order valence-electron chi connectivity index (χ2n) is 3.98. The summed E-state index contributed by atoms with van der Waals surface area (Å²) in [4.78, 5) is 26.7. The zero-order chi connectivity index (χ0) is 14.0. The van der Waals surface area contributed by atoms with Gasteiger partial charge in [-0.25, -0.2) is 9.78 Å². The normalized spacial score (nSPS) is 10.2. The molecule has 0 saturated carbocycles. The van der Waals surface area contributed by atoms with Crippen LogP contribution in [0.25, 0.3) is 0 Å². The van der Waals surface area contributed by atoms with Crippen molar-refractivity contribution in [3.63, 3.8) is 0 Å². The third-order valence-corrected chi connectivity index (χ3v) is 2.61. The molecule has 0 aliphatic heterocycles. The van der Waals surface area contributed by atoms with Crippen LogP contribution in [0, 0.1) is 13.8 Å². The number of anilines is 1. The largest absolute Gasteiger partial charge is 0.478 e. The lowest BCUT2D eigenvalue weighted by Gasteiger charge is -2.08. The van der Waals surface area contributed by atoms with E-state index in [2.05, 4.69) is 20.5 Å². The standard InChI is InChI=1S/C12H12N4O3/c1-6-8(12(18)19)4-3-5-9(6)14-11(17)10-13-7(2)15-16-10/h3-5H,1-2H3,(H,14,17)(H,18,19)(H,13,15,16). The number of H-pyrrole nitrogens is 1. The van der Waals surface area contributed by atoms with Crippen molar-refractivity contribution in [2.75, 3.05) is 5.32 Å². The summed E-state index contributed by atoms with van der Waals surface area (Å²) < 4.78 is 0. The molecule has 0 fully saturated rings. The van der Waals surface area contributed by atoms with Crippen molar-refractivity contribution < 1.29 is 14.7 Å². The Morgan fingerprint density at radius 1 is 1.32 bits per heavy atom. The first-order valence-corrected chi connectivity index (χ1v) is 5.52. The van der Waals surface area contributed by atoms with E-state index in [0.29, 0.717) is 17.1 Å². The van der Waals surface area contributed by atoms with Gasteiger partial charge in [-0.15, -0.1) is 5.10 Å². The monoisotopic (exact) mass is 260 g/mol. The molecule has 2 rings (SSSR count). The molecule has 1 aromatic heterocycles. The van der Waals surface area contributed by atoms with Gasteiger partial charge in [0.2, 0.25) is 5.82 Å². The molecule has 0 aliphatic carbocycles. The number of benzene rings is 1. The smallest absolute Gasteiger partial charge is 0.336 e. The predicted octanol–water partition coefficient (Wildman–Crippen LogP) is 1.37. The Kier molecular flexibility index (Phi) is 3.28. The number of amides is 1. The fraction of sp³-hybridized carbons (Fsp3) is 0.167. The molecule has 0 atom stereocenters. The van der Waals surface area contributed by atoms with Crippen molar-refractivity contribution in [2.24, 2.45) is 0 Å². The van der Waals surface area contributed by atoms with Gasteiger partial charge < -0.3 is 10.4 Å². The molecule has 0 aliphatic rings. The van der Waals surface area contributed by atoms with Crippen molar-refractivity contribution in [1.82, 2.24) is 15.2 Å². The number of carbonyl (C=O) groups excluding carboxylic acids is 1. The summed E-state index contributed by atoms with van der Waals surface area (Å²) in [5.74, 6) is -0.990. The van der Waals surface area contributed by atoms with Gasteiger partial charge in [-0.2, -0.15) is 0 Å². The maximum Gasteiger partial charge on any atom is 0.336 e. The molecule has 19 heavy (non-hydrogen) atoms. The third kappa shape index (κ3) is 2.59. The second kappa shape index (κ2) is 4.89. The summed E-state index contributed by atoms with van der Waals surface area (Å²) in [5, 5.41) is 17.9. The quantitative estimate of drug-likeness (QED) is 0.772. The molecule has 1 heterocycles. The lowest BCUT2D eigenvalue weighted by atomic mass is 10.1. The Bertz CT molecular complexity index is 648. The van der Waals surface area contributed by atoms with Crippen LogP contribution in [0.3, 0.4) is 0 Å². The SMILES string of the molecule is Cc1nc(C(=O)Nc2cccc(C(=O)O)c2C)n[nH]1. The predicted molar refractivity (Wildman–Crippen MR) is 67.2 cm³/mol. The molecule has 2 aromatic rings. The van der Waals surface area contributed by atoms with Gasteiger partial charge in [-0.05, 0) is 31.5 Å². The van der Waals surface area contributed by atoms with Crippen molar-refractivity contribution in [1.29, 1.82) is 0 Å². The molecule has 7 nitrogen and oxygen atoms in total. The Labute approximate surface area is 108 Å². The van der Waals surface area contributed by atoms with Gasteiger partial charge in [-0.1, -0.05) is 6.07 Å². The highest BCUT2D eigenvalue weighted by molar-refractivity contribution is 6.03. The van der Waals surface area contributed by atoms with Crippen LogP contribution in [-0.4, -0.2) is 32.2 Å². The second-order valence-corrected chi connectivity index (χ2v) is 3.98. The number of aromatic nitrogens is 3. The van der Waals surface area contributed by atoms with Gasteiger partial charge in [0.1, 0.15) is 5.82 Å². The number of aromatic carboxylic acids is 1. The van der Waals surface area contributed by atoms with Crippen molar-refractivity contribution in [3.8, 4) is 0 Å². The van der Waals surface area contributed by atoms with E-state index in [4.69, 9.17) is 5.11 Å². The summed E-state index contributed by atoms with van der Waals surface area (Å²) in [6.45, 7) is 3.31. The number of nitrogens with zero attached hydrogens (tertiary/aromatic N) is 2. The van der Waals surface area contributed by atoms with Gasteiger partial charge >= 0.3 is 5.97 Å². The van der Waals surface area contributed by atoms with Crippen LogP contribution in [0.1, 0.15) is 32.4 Å². The fourth-order valence-corrected chi connectivity index (χ4v) is 1.63. The number of carboxylic acid groups (broad SMARTS) is 1. The molecule has 3 N–H and O–H groups in total. The first-order chi connectivity index (χ1) is 8.99. The highest BCUT2D eigenvalue weighted by Gasteiger charge is 2.15. The Morgan fingerprint density at radius 3 is 2.63 bits per heavy atom. The molecule has 0 unspecified atom stereocenters. The van der Waals surface area contributed by atoms with E-state index in [1.54, 1.807) is 26.0 Å². The zero-order valence-electron chi connectivity index (χ0n) is 10.4. The number of carboxylic acids is 1. The van der Waals surface area contributed by atoms with E-state index in [-0.39, 0.29) is 11.4 Å². The van der Waals surface area contributed by atoms with Crippen LogP contribution in [-0.2, 0) is 0 Å². The van der Waals surface area contributed by atoms with Crippen LogP contribution < -0.4 is 5.32 Å². The number of hydrogen-bond donors (Lipinski definition) is 3. The average Bonchev–Trinajstić information content (AvgIpc) is 2.78. The first-order valence-electron chi connectivity index (χ1n) is 5.52. The number of nitrogens with one attached hydrogen (secondary N) is 2. The number of rotatable bonds is 3. The molecule has 0 bridgehead atoms. The highest BCUT2D eigenvalue weighted by Crippen LogP contribution is 2.19. The molecule has 0 saturated heterocycles. The first kappa shape index (κ1) is 12.7. The van der Waals surface area contributed by atoms with Crippen LogP contribution in [0.2, 0.25) is 0 Å². The Hall–Kier alpha value is -2.70. The minimum atomic E-state index is -1.04. The van der Waals surface area contributed by atoms with Crippen LogP contribution >= 0.6 is 0 Å². The van der Waals surface area contributed by atoms with Gasteiger partial charge in [0, 0.05) is 5.69 Å². The van der Waals surface area contributed by atoms with Crippen LogP contribution in [0.15, 0.2) is 18.2 Å². The van der Waals surface area contributed by atoms with Crippen LogP contribution in [0.4, 0.5) is 5.69 Å². The number of aromatic amines is 1. The van der Waals surface area contributed by atoms with E-state index in [0.717, 1.165) is 0 Å². The molecule has 98 valence electrons. The van der Waals surface area contributed by atoms with E-state index >= 15 is 0 Å². The van der Waals surface area contributed by atoms with E-state index in [1.807, 2.05) is 0 Å². The fourth-order valence-electron chi connectivity index (χ4n) is 1.63. The molecule has 1 amide bonds. The number of hydrogen-bond acceptors (Lipinski definition) is 4. The molecule has 1 aromatic carbocycles. The third-order valence-electron chi connectivity index (χ3n) is 2.61. The molecule has 0 radical (unpaired) electrons. The summed E-state index contributed by atoms with van der Waals surface area (Å²) in [7, 11) is 0. The molecule has 0 spiro atoms. The molecular formula is C12H12N4O3. The topological polar surface area (TPSA) is 108 Å². The minimum Gasteiger partial charge on any atom is -0.478 e. The summed E-state index contributed by atoms with van der Waals surface area (Å²) in [6.07, 6.45) is 0. The van der Waals surface area contributed by atoms with Gasteiger partial charge in [0.05, 0.1) is 5.56 Å². The highest BCUT2D eigenvalue weighted by atomic mass is 16.4. The van der Waals surface area contributed by atoms with Crippen LogP contribution in [0.5, 0.6) is 0 Å². The zero-order valence-corrected chi connectivity index (χ0v) is 10.4. The van der Waals surface area contributed by atoms with E-state index in [9.17, 15) is 9.59 Å². The molecule has 7 heteroatoms. The van der Waals surface area contributed by atoms with Crippen molar-refractivity contribution in [3.05, 3.63) is 41.0 Å². The number of aryl methyl sites for hydroxylation is 1. The van der Waals surface area contributed by atoms with Gasteiger partial charge in [-0.3, -0.25) is 9.89 Å². The summed E-state index contributed by atoms with van der Waals surface area (Å²) in [5.41, 5.74) is 1.05. The average molecular weight is 260 g/mol. The molecular weight excluding hydrogens is 248 g/mol. The Morgan fingerprint density at radius 2 is 2.05 bits per heavy atom. The van der Waals surface area contributed by atoms with E-state index < -0.39 is 11.9 Å². The minimum absolute atomic E-state index is 0.0117.